The molecule has 0 aliphatic carbocycles. The van der Waals surface area contributed by atoms with Crippen molar-refractivity contribution in [2.45, 2.75) is 64.9 Å². The number of para-hydroxylation sites is 1. The number of benzene rings is 2. The number of nitrogens with zero attached hydrogens (tertiary/aromatic N) is 2. The maximum atomic E-state index is 6.08. The van der Waals surface area contributed by atoms with E-state index in [1.54, 1.807) is 13.3 Å². The SMILES string of the molecule is CCCCCCCCOc1cccc(-c2nccc(-c3ccccc3OCC(CC)OC)n2)c1. The lowest BCUT2D eigenvalue weighted by Crippen LogP contribution is -2.19. The van der Waals surface area contributed by atoms with E-state index in [4.69, 9.17) is 19.2 Å². The third kappa shape index (κ3) is 7.84. The van der Waals surface area contributed by atoms with E-state index in [1.807, 2.05) is 54.6 Å². The van der Waals surface area contributed by atoms with Crippen molar-refractivity contribution in [3.05, 3.63) is 60.8 Å². The van der Waals surface area contributed by atoms with Gasteiger partial charge in [0, 0.05) is 24.4 Å². The van der Waals surface area contributed by atoms with Crippen LogP contribution in [0, 0.1) is 0 Å². The van der Waals surface area contributed by atoms with E-state index in [1.165, 1.54) is 32.1 Å². The molecular formula is C29H38N2O3. The molecule has 1 heterocycles. The number of ether oxygens (including phenoxy) is 3. The van der Waals surface area contributed by atoms with E-state index >= 15 is 0 Å². The maximum absolute atomic E-state index is 6.08. The van der Waals surface area contributed by atoms with Crippen molar-refractivity contribution in [2.75, 3.05) is 20.3 Å². The summed E-state index contributed by atoms with van der Waals surface area (Å²) in [7, 11) is 1.71. The van der Waals surface area contributed by atoms with Crippen molar-refractivity contribution in [1.82, 2.24) is 9.97 Å². The van der Waals surface area contributed by atoms with E-state index in [2.05, 4.69) is 18.8 Å². The number of methoxy groups -OCH3 is 1. The van der Waals surface area contributed by atoms with Crippen molar-refractivity contribution in [3.63, 3.8) is 0 Å². The Bertz CT molecular complexity index is 988. The van der Waals surface area contributed by atoms with Crippen LogP contribution in [-0.4, -0.2) is 36.4 Å². The van der Waals surface area contributed by atoms with Gasteiger partial charge in [0.15, 0.2) is 5.82 Å². The summed E-state index contributed by atoms with van der Waals surface area (Å²) >= 11 is 0. The van der Waals surface area contributed by atoms with Crippen molar-refractivity contribution < 1.29 is 14.2 Å². The van der Waals surface area contributed by atoms with Crippen LogP contribution in [0.1, 0.15) is 58.8 Å². The van der Waals surface area contributed by atoms with Gasteiger partial charge in [-0.15, -0.1) is 0 Å². The lowest BCUT2D eigenvalue weighted by molar-refractivity contribution is 0.0558. The number of rotatable bonds is 15. The summed E-state index contributed by atoms with van der Waals surface area (Å²) in [4.78, 5) is 9.36. The molecule has 0 radical (unpaired) electrons. The molecule has 0 saturated heterocycles. The molecule has 1 aromatic heterocycles. The van der Waals surface area contributed by atoms with Crippen LogP contribution in [0.3, 0.4) is 0 Å². The summed E-state index contributed by atoms with van der Waals surface area (Å²) in [5.41, 5.74) is 2.70. The molecule has 0 aliphatic heterocycles. The normalized spacial score (nSPS) is 11.9. The van der Waals surface area contributed by atoms with Crippen LogP contribution >= 0.6 is 0 Å². The van der Waals surface area contributed by atoms with Crippen LogP contribution in [0.4, 0.5) is 0 Å². The molecule has 0 aliphatic rings. The summed E-state index contributed by atoms with van der Waals surface area (Å²) in [5.74, 6) is 2.31. The van der Waals surface area contributed by atoms with E-state index in [0.717, 1.165) is 47.8 Å². The highest BCUT2D eigenvalue weighted by molar-refractivity contribution is 5.69. The van der Waals surface area contributed by atoms with Gasteiger partial charge in [-0.1, -0.05) is 70.2 Å². The van der Waals surface area contributed by atoms with Crippen LogP contribution in [0.25, 0.3) is 22.6 Å². The Morgan fingerprint density at radius 3 is 2.50 bits per heavy atom. The molecule has 2 aromatic carbocycles. The van der Waals surface area contributed by atoms with Gasteiger partial charge in [-0.3, -0.25) is 0 Å². The zero-order valence-corrected chi connectivity index (χ0v) is 20.8. The van der Waals surface area contributed by atoms with Gasteiger partial charge in [-0.2, -0.15) is 0 Å². The highest BCUT2D eigenvalue weighted by Gasteiger charge is 2.12. The predicted molar refractivity (Wildman–Crippen MR) is 138 cm³/mol. The average molecular weight is 463 g/mol. The van der Waals surface area contributed by atoms with Crippen molar-refractivity contribution in [3.8, 4) is 34.1 Å². The molecule has 3 aromatic rings. The van der Waals surface area contributed by atoms with Crippen molar-refractivity contribution in [2.24, 2.45) is 0 Å². The van der Waals surface area contributed by atoms with Crippen LogP contribution in [-0.2, 0) is 4.74 Å². The molecule has 0 fully saturated rings. The molecule has 182 valence electrons. The number of hydrogen-bond acceptors (Lipinski definition) is 5. The summed E-state index contributed by atoms with van der Waals surface area (Å²) < 4.78 is 17.5. The number of hydrogen-bond donors (Lipinski definition) is 0. The lowest BCUT2D eigenvalue weighted by atomic mass is 10.1. The smallest absolute Gasteiger partial charge is 0.159 e. The summed E-state index contributed by atoms with van der Waals surface area (Å²) in [6.45, 7) is 5.57. The fourth-order valence-corrected chi connectivity index (χ4v) is 3.78. The third-order valence-corrected chi connectivity index (χ3v) is 5.89. The monoisotopic (exact) mass is 462 g/mol. The summed E-state index contributed by atoms with van der Waals surface area (Å²) in [5, 5.41) is 0. The maximum Gasteiger partial charge on any atom is 0.159 e. The van der Waals surface area contributed by atoms with E-state index < -0.39 is 0 Å². The minimum Gasteiger partial charge on any atom is -0.494 e. The standard InChI is InChI=1S/C29H38N2O3/c1-4-6-7-8-9-12-20-33-25-15-13-14-23(21-25)29-30-19-18-27(31-29)26-16-10-11-17-28(26)34-22-24(5-2)32-3/h10-11,13-19,21,24H,4-9,12,20,22H2,1-3H3. The molecule has 0 bridgehead atoms. The van der Waals surface area contributed by atoms with Gasteiger partial charge in [-0.05, 0) is 43.2 Å². The summed E-state index contributed by atoms with van der Waals surface area (Å²) in [6.07, 6.45) is 10.3. The van der Waals surface area contributed by atoms with Gasteiger partial charge in [-0.25, -0.2) is 9.97 Å². The Morgan fingerprint density at radius 2 is 1.68 bits per heavy atom. The second kappa shape index (κ2) is 14.4. The van der Waals surface area contributed by atoms with Crippen molar-refractivity contribution in [1.29, 1.82) is 0 Å². The number of aromatic nitrogens is 2. The van der Waals surface area contributed by atoms with Gasteiger partial charge < -0.3 is 14.2 Å². The Morgan fingerprint density at radius 1 is 0.853 bits per heavy atom. The largest absolute Gasteiger partial charge is 0.494 e. The highest BCUT2D eigenvalue weighted by Crippen LogP contribution is 2.30. The van der Waals surface area contributed by atoms with Crippen molar-refractivity contribution >= 4 is 0 Å². The minimum atomic E-state index is 0.0631. The lowest BCUT2D eigenvalue weighted by Gasteiger charge is -2.16. The van der Waals surface area contributed by atoms with E-state index in [9.17, 15) is 0 Å². The Balaban J connectivity index is 1.68. The first-order valence-electron chi connectivity index (χ1n) is 12.6. The molecular weight excluding hydrogens is 424 g/mol. The van der Waals surface area contributed by atoms with Gasteiger partial charge in [0.2, 0.25) is 0 Å². The zero-order valence-electron chi connectivity index (χ0n) is 20.8. The van der Waals surface area contributed by atoms with Crippen LogP contribution in [0.2, 0.25) is 0 Å². The van der Waals surface area contributed by atoms with Gasteiger partial charge >= 0.3 is 0 Å². The first kappa shape index (κ1) is 25.7. The Kier molecular flexibility index (Phi) is 10.9. The molecule has 5 nitrogen and oxygen atoms in total. The minimum absolute atomic E-state index is 0.0631. The fourth-order valence-electron chi connectivity index (χ4n) is 3.78. The molecule has 5 heteroatoms. The molecule has 1 unspecified atom stereocenters. The fraction of sp³-hybridized carbons (Fsp3) is 0.448. The first-order valence-corrected chi connectivity index (χ1v) is 12.6. The van der Waals surface area contributed by atoms with Gasteiger partial charge in [0.05, 0.1) is 18.4 Å². The van der Waals surface area contributed by atoms with Crippen LogP contribution in [0.5, 0.6) is 11.5 Å². The molecule has 1 atom stereocenters. The quantitative estimate of drug-likeness (QED) is 0.221. The molecule has 3 rings (SSSR count). The predicted octanol–water partition coefficient (Wildman–Crippen LogP) is 7.35. The molecule has 0 amide bonds. The van der Waals surface area contributed by atoms with Gasteiger partial charge in [0.1, 0.15) is 18.1 Å². The average Bonchev–Trinajstić information content (AvgIpc) is 2.89. The Hall–Kier alpha value is -2.92. The Labute approximate surface area is 204 Å². The third-order valence-electron chi connectivity index (χ3n) is 5.89. The van der Waals surface area contributed by atoms with Gasteiger partial charge in [0.25, 0.3) is 0 Å². The topological polar surface area (TPSA) is 53.5 Å². The van der Waals surface area contributed by atoms with E-state index in [-0.39, 0.29) is 6.10 Å². The first-order chi connectivity index (χ1) is 16.7. The highest BCUT2D eigenvalue weighted by atomic mass is 16.5. The zero-order chi connectivity index (χ0) is 24.0. The second-order valence-corrected chi connectivity index (χ2v) is 8.48. The van der Waals surface area contributed by atoms with Crippen LogP contribution < -0.4 is 9.47 Å². The van der Waals surface area contributed by atoms with E-state index in [0.29, 0.717) is 12.4 Å². The molecule has 34 heavy (non-hydrogen) atoms. The second-order valence-electron chi connectivity index (χ2n) is 8.48. The number of unbranched alkanes of at least 4 members (excludes halogenated alkanes) is 5. The molecule has 0 saturated carbocycles. The summed E-state index contributed by atoms with van der Waals surface area (Å²) in [6, 6.07) is 17.9. The molecule has 0 spiro atoms. The molecule has 0 N–H and O–H groups in total. The van der Waals surface area contributed by atoms with Crippen LogP contribution in [0.15, 0.2) is 60.8 Å².